The standard InChI is InChI=1S/C10H10Br2O2/c1-5(2)9(13)7-3-6(11)4-8(12)10(7)14/h3-5,14H,1-2H3. The molecule has 0 saturated heterocycles. The van der Waals surface area contributed by atoms with Gasteiger partial charge in [0.25, 0.3) is 0 Å². The van der Waals surface area contributed by atoms with E-state index in [4.69, 9.17) is 0 Å². The molecule has 0 aromatic heterocycles. The van der Waals surface area contributed by atoms with Crippen LogP contribution in [0.4, 0.5) is 0 Å². The van der Waals surface area contributed by atoms with Gasteiger partial charge in [0.05, 0.1) is 10.0 Å². The van der Waals surface area contributed by atoms with Crippen LogP contribution in [-0.2, 0) is 0 Å². The van der Waals surface area contributed by atoms with Crippen LogP contribution in [0.15, 0.2) is 21.1 Å². The van der Waals surface area contributed by atoms with Crippen LogP contribution in [0.3, 0.4) is 0 Å². The Morgan fingerprint density at radius 2 is 1.93 bits per heavy atom. The molecule has 0 aliphatic carbocycles. The molecular weight excluding hydrogens is 312 g/mol. The highest BCUT2D eigenvalue weighted by Crippen LogP contribution is 2.32. The van der Waals surface area contributed by atoms with E-state index in [1.54, 1.807) is 26.0 Å². The van der Waals surface area contributed by atoms with Crippen LogP contribution in [0.25, 0.3) is 0 Å². The molecule has 0 aliphatic rings. The zero-order chi connectivity index (χ0) is 10.9. The molecule has 0 amide bonds. The Hall–Kier alpha value is -0.350. The Morgan fingerprint density at radius 3 is 2.43 bits per heavy atom. The lowest BCUT2D eigenvalue weighted by atomic mass is 10.0. The molecule has 0 atom stereocenters. The summed E-state index contributed by atoms with van der Waals surface area (Å²) >= 11 is 6.45. The molecule has 14 heavy (non-hydrogen) atoms. The normalized spacial score (nSPS) is 10.6. The van der Waals surface area contributed by atoms with E-state index in [1.165, 1.54) is 0 Å². The number of phenolic OH excluding ortho intramolecular Hbond substituents is 1. The van der Waals surface area contributed by atoms with E-state index in [1.807, 2.05) is 0 Å². The van der Waals surface area contributed by atoms with Crippen LogP contribution in [0.5, 0.6) is 5.75 Å². The van der Waals surface area contributed by atoms with Gasteiger partial charge < -0.3 is 5.11 Å². The topological polar surface area (TPSA) is 37.3 Å². The van der Waals surface area contributed by atoms with Crippen molar-refractivity contribution in [2.24, 2.45) is 5.92 Å². The molecule has 0 saturated carbocycles. The van der Waals surface area contributed by atoms with Gasteiger partial charge in [-0.25, -0.2) is 0 Å². The first-order chi connectivity index (χ1) is 6.43. The van der Waals surface area contributed by atoms with E-state index in [9.17, 15) is 9.90 Å². The number of carbonyl (C=O) groups is 1. The maximum atomic E-state index is 11.7. The van der Waals surface area contributed by atoms with Crippen molar-refractivity contribution in [3.8, 4) is 5.75 Å². The maximum absolute atomic E-state index is 11.7. The fourth-order valence-electron chi connectivity index (χ4n) is 1.06. The van der Waals surface area contributed by atoms with E-state index >= 15 is 0 Å². The molecule has 4 heteroatoms. The van der Waals surface area contributed by atoms with Crippen LogP contribution < -0.4 is 0 Å². The highest BCUT2D eigenvalue weighted by Gasteiger charge is 2.17. The third-order valence-electron chi connectivity index (χ3n) is 1.82. The van der Waals surface area contributed by atoms with Gasteiger partial charge >= 0.3 is 0 Å². The average Bonchev–Trinajstić information content (AvgIpc) is 2.09. The first-order valence-electron chi connectivity index (χ1n) is 4.15. The van der Waals surface area contributed by atoms with E-state index in [-0.39, 0.29) is 17.5 Å². The summed E-state index contributed by atoms with van der Waals surface area (Å²) in [5.74, 6) is -0.182. The number of hydrogen-bond donors (Lipinski definition) is 1. The van der Waals surface area contributed by atoms with Crippen molar-refractivity contribution in [3.63, 3.8) is 0 Å². The Labute approximate surface area is 99.6 Å². The Kier molecular flexibility index (Phi) is 3.72. The van der Waals surface area contributed by atoms with E-state index in [0.29, 0.717) is 10.0 Å². The van der Waals surface area contributed by atoms with Crippen LogP contribution in [0, 0.1) is 5.92 Å². The van der Waals surface area contributed by atoms with Crippen LogP contribution >= 0.6 is 31.9 Å². The summed E-state index contributed by atoms with van der Waals surface area (Å²) in [6.45, 7) is 3.60. The number of phenols is 1. The number of rotatable bonds is 2. The van der Waals surface area contributed by atoms with Gasteiger partial charge in [-0.15, -0.1) is 0 Å². The number of benzene rings is 1. The molecule has 2 nitrogen and oxygen atoms in total. The lowest BCUT2D eigenvalue weighted by molar-refractivity contribution is 0.0936. The molecule has 76 valence electrons. The second-order valence-corrected chi connectivity index (χ2v) is 5.07. The van der Waals surface area contributed by atoms with Gasteiger partial charge in [0, 0.05) is 10.4 Å². The zero-order valence-corrected chi connectivity index (χ0v) is 11.0. The highest BCUT2D eigenvalue weighted by molar-refractivity contribution is 9.11. The molecular formula is C10H10Br2O2. The smallest absolute Gasteiger partial charge is 0.169 e. The second-order valence-electron chi connectivity index (χ2n) is 3.30. The molecule has 0 fully saturated rings. The summed E-state index contributed by atoms with van der Waals surface area (Å²) in [7, 11) is 0. The van der Waals surface area contributed by atoms with E-state index < -0.39 is 0 Å². The lowest BCUT2D eigenvalue weighted by Gasteiger charge is -2.08. The summed E-state index contributed by atoms with van der Waals surface area (Å²) in [6, 6.07) is 3.33. The van der Waals surface area contributed by atoms with E-state index in [2.05, 4.69) is 31.9 Å². The summed E-state index contributed by atoms with van der Waals surface area (Å²) in [4.78, 5) is 11.7. The van der Waals surface area contributed by atoms with Crippen molar-refractivity contribution >= 4 is 37.6 Å². The molecule has 0 aliphatic heterocycles. The molecule has 0 bridgehead atoms. The molecule has 0 heterocycles. The molecule has 0 unspecified atom stereocenters. The number of Topliss-reactive ketones (excluding diaryl/α,β-unsaturated/α-hetero) is 1. The van der Waals surface area contributed by atoms with Gasteiger partial charge in [-0.3, -0.25) is 4.79 Å². The van der Waals surface area contributed by atoms with Crippen LogP contribution in [0.2, 0.25) is 0 Å². The SMILES string of the molecule is CC(C)C(=O)c1cc(Br)cc(Br)c1O. The monoisotopic (exact) mass is 320 g/mol. The second kappa shape index (κ2) is 4.45. The third-order valence-corrected chi connectivity index (χ3v) is 2.88. The molecule has 0 spiro atoms. The first-order valence-corrected chi connectivity index (χ1v) is 5.74. The zero-order valence-electron chi connectivity index (χ0n) is 7.84. The quantitative estimate of drug-likeness (QED) is 0.842. The van der Waals surface area contributed by atoms with Crippen LogP contribution in [0.1, 0.15) is 24.2 Å². The number of ketones is 1. The van der Waals surface area contributed by atoms with Crippen molar-refractivity contribution in [1.29, 1.82) is 0 Å². The molecule has 1 rings (SSSR count). The van der Waals surface area contributed by atoms with Crippen molar-refractivity contribution < 1.29 is 9.90 Å². The number of halogens is 2. The molecule has 0 radical (unpaired) electrons. The summed E-state index contributed by atoms with van der Waals surface area (Å²) in [5.41, 5.74) is 0.348. The predicted molar refractivity (Wildman–Crippen MR) is 62.7 cm³/mol. The van der Waals surface area contributed by atoms with Gasteiger partial charge in [-0.2, -0.15) is 0 Å². The highest BCUT2D eigenvalue weighted by atomic mass is 79.9. The minimum Gasteiger partial charge on any atom is -0.506 e. The van der Waals surface area contributed by atoms with Crippen molar-refractivity contribution in [3.05, 3.63) is 26.6 Å². The Bertz CT molecular complexity index is 373. The molecule has 1 N–H and O–H groups in total. The molecule has 1 aromatic rings. The van der Waals surface area contributed by atoms with Crippen molar-refractivity contribution in [1.82, 2.24) is 0 Å². The minimum absolute atomic E-state index is 0.00639. The third kappa shape index (κ3) is 2.36. The fraction of sp³-hybridized carbons (Fsp3) is 0.300. The Balaban J connectivity index is 3.27. The first kappa shape index (κ1) is 11.7. The van der Waals surface area contributed by atoms with Crippen LogP contribution in [-0.4, -0.2) is 10.9 Å². The lowest BCUT2D eigenvalue weighted by Crippen LogP contribution is -2.07. The Morgan fingerprint density at radius 1 is 1.36 bits per heavy atom. The summed E-state index contributed by atoms with van der Waals surface area (Å²) in [5, 5.41) is 9.65. The number of carbonyl (C=O) groups excluding carboxylic acids is 1. The van der Waals surface area contributed by atoms with Gasteiger partial charge in [0.15, 0.2) is 5.78 Å². The largest absolute Gasteiger partial charge is 0.506 e. The predicted octanol–water partition coefficient (Wildman–Crippen LogP) is 3.76. The minimum atomic E-state index is -0.123. The average molecular weight is 322 g/mol. The number of aromatic hydroxyl groups is 1. The molecule has 1 aromatic carbocycles. The van der Waals surface area contributed by atoms with Gasteiger partial charge in [-0.05, 0) is 28.1 Å². The van der Waals surface area contributed by atoms with Crippen molar-refractivity contribution in [2.45, 2.75) is 13.8 Å². The fourth-order valence-corrected chi connectivity index (χ4v) is 2.29. The van der Waals surface area contributed by atoms with Gasteiger partial charge in [-0.1, -0.05) is 29.8 Å². The summed E-state index contributed by atoms with van der Waals surface area (Å²) < 4.78 is 1.29. The van der Waals surface area contributed by atoms with E-state index in [0.717, 1.165) is 4.47 Å². The summed E-state index contributed by atoms with van der Waals surface area (Å²) in [6.07, 6.45) is 0. The van der Waals surface area contributed by atoms with Gasteiger partial charge in [0.1, 0.15) is 5.75 Å². The number of hydrogen-bond acceptors (Lipinski definition) is 2. The maximum Gasteiger partial charge on any atom is 0.169 e. The van der Waals surface area contributed by atoms with Gasteiger partial charge in [0.2, 0.25) is 0 Å². The van der Waals surface area contributed by atoms with Crippen molar-refractivity contribution in [2.75, 3.05) is 0 Å².